The highest BCUT2D eigenvalue weighted by Gasteiger charge is 2.27. The molecule has 6 nitrogen and oxygen atoms in total. The van der Waals surface area contributed by atoms with Crippen molar-refractivity contribution >= 4 is 29.1 Å². The Labute approximate surface area is 191 Å². The molecule has 0 bridgehead atoms. The van der Waals surface area contributed by atoms with E-state index >= 15 is 0 Å². The van der Waals surface area contributed by atoms with E-state index in [2.05, 4.69) is 9.97 Å². The molecular formula is C25H23ClN4O2. The molecule has 1 aromatic carbocycles. The summed E-state index contributed by atoms with van der Waals surface area (Å²) in [6.45, 7) is 3.43. The third-order valence-electron chi connectivity index (χ3n) is 6.08. The summed E-state index contributed by atoms with van der Waals surface area (Å²) < 4.78 is 0. The van der Waals surface area contributed by atoms with Gasteiger partial charge in [0, 0.05) is 50.7 Å². The molecule has 2 aromatic heterocycles. The minimum absolute atomic E-state index is 0.00705. The van der Waals surface area contributed by atoms with Crippen LogP contribution in [0.2, 0.25) is 5.02 Å². The molecule has 1 fully saturated rings. The lowest BCUT2D eigenvalue weighted by molar-refractivity contribution is -0.116. The fourth-order valence-corrected chi connectivity index (χ4v) is 4.36. The molecule has 2 amide bonds. The van der Waals surface area contributed by atoms with Gasteiger partial charge in [-0.15, -0.1) is 0 Å². The monoisotopic (exact) mass is 446 g/mol. The zero-order valence-electron chi connectivity index (χ0n) is 17.8. The zero-order chi connectivity index (χ0) is 22.2. The summed E-state index contributed by atoms with van der Waals surface area (Å²) >= 11 is 6.55. The molecule has 1 aliphatic heterocycles. The average Bonchev–Trinajstić information content (AvgIpc) is 3.52. The quantitative estimate of drug-likeness (QED) is 0.569. The van der Waals surface area contributed by atoms with Gasteiger partial charge in [-0.05, 0) is 60.2 Å². The summed E-state index contributed by atoms with van der Waals surface area (Å²) in [5.41, 5.74) is 5.05. The van der Waals surface area contributed by atoms with Crippen molar-refractivity contribution in [3.05, 3.63) is 76.7 Å². The molecule has 3 heterocycles. The van der Waals surface area contributed by atoms with Gasteiger partial charge in [0.1, 0.15) is 0 Å². The average molecular weight is 447 g/mol. The fourth-order valence-electron chi connectivity index (χ4n) is 4.08. The number of carbonyl (C=O) groups is 2. The van der Waals surface area contributed by atoms with Crippen molar-refractivity contribution < 1.29 is 9.59 Å². The van der Waals surface area contributed by atoms with Crippen LogP contribution in [0.1, 0.15) is 41.3 Å². The first-order valence-electron chi connectivity index (χ1n) is 10.7. The normalized spacial score (nSPS) is 14.9. The minimum atomic E-state index is -0.0502. The molecule has 0 unspecified atom stereocenters. The summed E-state index contributed by atoms with van der Waals surface area (Å²) in [7, 11) is 0. The zero-order valence-corrected chi connectivity index (χ0v) is 18.5. The Bertz CT molecular complexity index is 1170. The number of halogens is 1. The van der Waals surface area contributed by atoms with E-state index in [0.29, 0.717) is 36.1 Å². The van der Waals surface area contributed by atoms with Crippen molar-refractivity contribution in [2.45, 2.75) is 32.9 Å². The number of rotatable bonds is 5. The van der Waals surface area contributed by atoms with Crippen molar-refractivity contribution in [2.75, 3.05) is 11.4 Å². The number of amides is 2. The first-order valence-corrected chi connectivity index (χ1v) is 11.1. The van der Waals surface area contributed by atoms with Gasteiger partial charge < -0.3 is 9.80 Å². The van der Waals surface area contributed by atoms with Crippen LogP contribution < -0.4 is 4.90 Å². The van der Waals surface area contributed by atoms with Crippen molar-refractivity contribution in [1.29, 1.82) is 0 Å². The van der Waals surface area contributed by atoms with Crippen LogP contribution in [0.3, 0.4) is 0 Å². The highest BCUT2D eigenvalue weighted by molar-refractivity contribution is 6.34. The molecular weight excluding hydrogens is 424 g/mol. The molecule has 0 saturated heterocycles. The number of anilines is 1. The maximum Gasteiger partial charge on any atom is 0.256 e. The van der Waals surface area contributed by atoms with E-state index in [4.69, 9.17) is 11.6 Å². The molecule has 1 saturated carbocycles. The summed E-state index contributed by atoms with van der Waals surface area (Å²) in [6.07, 6.45) is 7.50. The van der Waals surface area contributed by atoms with Gasteiger partial charge in [0.25, 0.3) is 5.91 Å². The lowest BCUT2D eigenvalue weighted by atomic mass is 10.1. The predicted octanol–water partition coefficient (Wildman–Crippen LogP) is 4.72. The van der Waals surface area contributed by atoms with E-state index in [9.17, 15) is 9.59 Å². The molecule has 5 rings (SSSR count). The Balaban J connectivity index is 1.32. The maximum absolute atomic E-state index is 12.9. The van der Waals surface area contributed by atoms with Gasteiger partial charge in [0.2, 0.25) is 5.91 Å². The Morgan fingerprint density at radius 1 is 1.09 bits per heavy atom. The van der Waals surface area contributed by atoms with Crippen molar-refractivity contribution in [1.82, 2.24) is 14.9 Å². The van der Waals surface area contributed by atoms with Gasteiger partial charge >= 0.3 is 0 Å². The van der Waals surface area contributed by atoms with E-state index in [1.807, 2.05) is 36.5 Å². The lowest BCUT2D eigenvalue weighted by Crippen LogP contribution is -2.30. The number of pyridine rings is 2. The molecule has 0 radical (unpaired) electrons. The van der Waals surface area contributed by atoms with Gasteiger partial charge in [-0.25, -0.2) is 0 Å². The van der Waals surface area contributed by atoms with Gasteiger partial charge in [-0.3, -0.25) is 19.6 Å². The second-order valence-electron chi connectivity index (χ2n) is 8.48. The fraction of sp³-hybridized carbons (Fsp3) is 0.280. The molecule has 0 N–H and O–H groups in total. The number of hydrogen-bond acceptors (Lipinski definition) is 4. The van der Waals surface area contributed by atoms with Gasteiger partial charge in [-0.2, -0.15) is 0 Å². The van der Waals surface area contributed by atoms with Crippen LogP contribution in [0.15, 0.2) is 55.0 Å². The minimum Gasteiger partial charge on any atom is -0.330 e. The SMILES string of the molecule is CC(=O)N(CC1CC1)c1ccc(-c2ccc(C(=O)N3Cc4ccncc4C3)cn2)cc1Cl. The van der Waals surface area contributed by atoms with Gasteiger partial charge in [0.05, 0.1) is 22.0 Å². The Hall–Kier alpha value is -3.25. The third kappa shape index (κ3) is 4.10. The van der Waals surface area contributed by atoms with Crippen LogP contribution in [0.5, 0.6) is 0 Å². The van der Waals surface area contributed by atoms with Crippen LogP contribution in [0, 0.1) is 5.92 Å². The summed E-state index contributed by atoms with van der Waals surface area (Å²) in [6, 6.07) is 11.2. The second kappa shape index (κ2) is 8.36. The standard InChI is InChI=1S/C25H23ClN4O2/c1-16(31)30(13-17-2-3-17)24-7-5-18(10-22(24)26)23-6-4-19(12-28-23)25(32)29-14-20-8-9-27-11-21(20)15-29/h4-12,17H,2-3,13-15H2,1H3. The highest BCUT2D eigenvalue weighted by atomic mass is 35.5. The largest absolute Gasteiger partial charge is 0.330 e. The topological polar surface area (TPSA) is 66.4 Å². The molecule has 2 aliphatic rings. The number of nitrogens with zero attached hydrogens (tertiary/aromatic N) is 4. The summed E-state index contributed by atoms with van der Waals surface area (Å²) in [5.74, 6) is 0.513. The van der Waals surface area contributed by atoms with E-state index in [-0.39, 0.29) is 11.8 Å². The number of carbonyl (C=O) groups excluding carboxylic acids is 2. The predicted molar refractivity (Wildman–Crippen MR) is 123 cm³/mol. The van der Waals surface area contributed by atoms with E-state index in [1.54, 1.807) is 35.2 Å². The first-order chi connectivity index (χ1) is 15.5. The van der Waals surface area contributed by atoms with Crippen molar-refractivity contribution in [3.8, 4) is 11.3 Å². The Morgan fingerprint density at radius 3 is 2.56 bits per heavy atom. The van der Waals surface area contributed by atoms with Crippen molar-refractivity contribution in [2.24, 2.45) is 5.92 Å². The smallest absolute Gasteiger partial charge is 0.256 e. The maximum atomic E-state index is 12.9. The lowest BCUT2D eigenvalue weighted by Gasteiger charge is -2.22. The Morgan fingerprint density at radius 2 is 1.91 bits per heavy atom. The van der Waals surface area contributed by atoms with Gasteiger partial charge in [-0.1, -0.05) is 17.7 Å². The van der Waals surface area contributed by atoms with E-state index in [0.717, 1.165) is 40.9 Å². The van der Waals surface area contributed by atoms with Crippen LogP contribution in [0.4, 0.5) is 5.69 Å². The molecule has 7 heteroatoms. The number of benzene rings is 1. The van der Waals surface area contributed by atoms with Crippen LogP contribution in [0.25, 0.3) is 11.3 Å². The van der Waals surface area contributed by atoms with Gasteiger partial charge in [0.15, 0.2) is 0 Å². The number of aromatic nitrogens is 2. The highest BCUT2D eigenvalue weighted by Crippen LogP contribution is 2.35. The number of fused-ring (bicyclic) bond motifs is 1. The Kier molecular flexibility index (Phi) is 5.39. The first kappa shape index (κ1) is 20.6. The molecule has 32 heavy (non-hydrogen) atoms. The number of hydrogen-bond donors (Lipinski definition) is 0. The molecule has 162 valence electrons. The van der Waals surface area contributed by atoms with E-state index < -0.39 is 0 Å². The summed E-state index contributed by atoms with van der Waals surface area (Å²) in [5, 5.41) is 0.517. The molecule has 1 aliphatic carbocycles. The second-order valence-corrected chi connectivity index (χ2v) is 8.88. The van der Waals surface area contributed by atoms with Crippen molar-refractivity contribution in [3.63, 3.8) is 0 Å². The molecule has 0 spiro atoms. The molecule has 3 aromatic rings. The van der Waals surface area contributed by atoms with Crippen LogP contribution in [-0.4, -0.2) is 33.2 Å². The van der Waals surface area contributed by atoms with Crippen LogP contribution in [-0.2, 0) is 17.9 Å². The third-order valence-corrected chi connectivity index (χ3v) is 6.38. The summed E-state index contributed by atoms with van der Waals surface area (Å²) in [4.78, 5) is 37.2. The van der Waals surface area contributed by atoms with Crippen LogP contribution >= 0.6 is 11.6 Å². The molecule has 0 atom stereocenters. The van der Waals surface area contributed by atoms with E-state index in [1.165, 1.54) is 0 Å².